The lowest BCUT2D eigenvalue weighted by atomic mass is 10.3. The Labute approximate surface area is 111 Å². The summed E-state index contributed by atoms with van der Waals surface area (Å²) in [5.41, 5.74) is 0. The lowest BCUT2D eigenvalue weighted by molar-refractivity contribution is 0.259. The topological polar surface area (TPSA) is 61.4 Å². The van der Waals surface area contributed by atoms with E-state index in [1.165, 1.54) is 12.8 Å². The van der Waals surface area contributed by atoms with E-state index in [0.717, 1.165) is 19.6 Å². The number of nitrogens with zero attached hydrogens (tertiary/aromatic N) is 1. The molecule has 0 aliphatic carbocycles. The predicted molar refractivity (Wildman–Crippen MR) is 75.2 cm³/mol. The van der Waals surface area contributed by atoms with E-state index < -0.39 is 10.0 Å². The molecule has 0 amide bonds. The Morgan fingerprint density at radius 1 is 1.17 bits per heavy atom. The summed E-state index contributed by atoms with van der Waals surface area (Å²) < 4.78 is 26.7. The van der Waals surface area contributed by atoms with E-state index in [0.29, 0.717) is 13.1 Å². The smallest absolute Gasteiger partial charge is 0.215 e. The van der Waals surface area contributed by atoms with Crippen LogP contribution in [0.2, 0.25) is 0 Å². The Bertz CT molecular complexity index is 326. The Kier molecular flexibility index (Phi) is 6.55. The van der Waals surface area contributed by atoms with Crippen LogP contribution in [0.3, 0.4) is 0 Å². The Balaban J connectivity index is 2.35. The summed E-state index contributed by atoms with van der Waals surface area (Å²) in [5, 5.41) is 2.68. The van der Waals surface area contributed by atoms with Crippen molar-refractivity contribution >= 4 is 10.0 Å². The highest BCUT2D eigenvalue weighted by Crippen LogP contribution is 2.11. The van der Waals surface area contributed by atoms with Crippen LogP contribution in [0.1, 0.15) is 33.6 Å². The van der Waals surface area contributed by atoms with Crippen molar-refractivity contribution in [3.63, 3.8) is 0 Å². The largest absolute Gasteiger partial charge is 0.316 e. The molecule has 0 aromatic heterocycles. The molecule has 0 aromatic carbocycles. The Morgan fingerprint density at radius 2 is 1.78 bits per heavy atom. The first kappa shape index (κ1) is 15.9. The number of hydrogen-bond donors (Lipinski definition) is 2. The second-order valence-corrected chi connectivity index (χ2v) is 7.29. The van der Waals surface area contributed by atoms with Crippen molar-refractivity contribution in [3.8, 4) is 0 Å². The second kappa shape index (κ2) is 7.43. The van der Waals surface area contributed by atoms with Gasteiger partial charge in [0.25, 0.3) is 0 Å². The third kappa shape index (κ3) is 4.84. The first-order valence-electron chi connectivity index (χ1n) is 6.90. The maximum absolute atomic E-state index is 12.0. The summed E-state index contributed by atoms with van der Waals surface area (Å²) >= 11 is 0. The standard InChI is InChI=1S/C12H27N3O2S/c1-4-13-10-12(3)18(16,17)14-9-11(2)15-7-5-6-8-15/h11-14H,4-10H2,1-3H3. The van der Waals surface area contributed by atoms with Crippen LogP contribution >= 0.6 is 0 Å². The fourth-order valence-electron chi connectivity index (χ4n) is 2.15. The zero-order valence-electron chi connectivity index (χ0n) is 11.8. The molecule has 1 rings (SSSR count). The van der Waals surface area contributed by atoms with Gasteiger partial charge < -0.3 is 5.32 Å². The maximum Gasteiger partial charge on any atom is 0.215 e. The van der Waals surface area contributed by atoms with E-state index in [2.05, 4.69) is 21.9 Å². The van der Waals surface area contributed by atoms with Crippen LogP contribution in [0.15, 0.2) is 0 Å². The normalized spacial score (nSPS) is 21.1. The van der Waals surface area contributed by atoms with E-state index in [-0.39, 0.29) is 11.3 Å². The lowest BCUT2D eigenvalue weighted by Gasteiger charge is -2.24. The van der Waals surface area contributed by atoms with E-state index >= 15 is 0 Å². The fourth-order valence-corrected chi connectivity index (χ4v) is 3.24. The summed E-state index contributed by atoms with van der Waals surface area (Å²) in [6.45, 7) is 9.80. The van der Waals surface area contributed by atoms with E-state index in [1.54, 1.807) is 6.92 Å². The van der Waals surface area contributed by atoms with Gasteiger partial charge >= 0.3 is 0 Å². The number of hydrogen-bond acceptors (Lipinski definition) is 4. The number of nitrogens with one attached hydrogen (secondary N) is 2. The van der Waals surface area contributed by atoms with Gasteiger partial charge in [0.15, 0.2) is 0 Å². The molecule has 108 valence electrons. The van der Waals surface area contributed by atoms with Gasteiger partial charge in [-0.25, -0.2) is 13.1 Å². The molecule has 1 aliphatic rings. The minimum absolute atomic E-state index is 0.286. The molecule has 18 heavy (non-hydrogen) atoms. The third-order valence-corrected chi connectivity index (χ3v) is 5.35. The van der Waals surface area contributed by atoms with Gasteiger partial charge in [0, 0.05) is 19.1 Å². The van der Waals surface area contributed by atoms with Crippen molar-refractivity contribution in [1.82, 2.24) is 14.9 Å². The van der Waals surface area contributed by atoms with Gasteiger partial charge in [-0.3, -0.25) is 4.90 Å². The quantitative estimate of drug-likeness (QED) is 0.674. The summed E-state index contributed by atoms with van der Waals surface area (Å²) in [6, 6.07) is 0.286. The van der Waals surface area contributed by atoms with Crippen LogP contribution in [0.25, 0.3) is 0 Å². The molecule has 1 fully saturated rings. The molecule has 6 heteroatoms. The van der Waals surface area contributed by atoms with Crippen molar-refractivity contribution in [2.24, 2.45) is 0 Å². The Hall–Kier alpha value is -0.170. The van der Waals surface area contributed by atoms with E-state index in [1.807, 2.05) is 6.92 Å². The van der Waals surface area contributed by atoms with Gasteiger partial charge in [0.05, 0.1) is 5.25 Å². The predicted octanol–water partition coefficient (Wildman–Crippen LogP) is 0.388. The highest BCUT2D eigenvalue weighted by atomic mass is 32.2. The second-order valence-electron chi connectivity index (χ2n) is 5.10. The minimum atomic E-state index is -3.20. The molecule has 2 N–H and O–H groups in total. The molecule has 0 spiro atoms. The molecule has 1 heterocycles. The summed E-state index contributed by atoms with van der Waals surface area (Å²) in [4.78, 5) is 2.34. The van der Waals surface area contributed by atoms with E-state index in [9.17, 15) is 8.42 Å². The van der Waals surface area contributed by atoms with Crippen molar-refractivity contribution in [3.05, 3.63) is 0 Å². The molecule has 1 aliphatic heterocycles. The van der Waals surface area contributed by atoms with Crippen LogP contribution in [0.5, 0.6) is 0 Å². The minimum Gasteiger partial charge on any atom is -0.316 e. The van der Waals surface area contributed by atoms with Crippen LogP contribution in [-0.4, -0.2) is 57.3 Å². The molecule has 0 radical (unpaired) electrons. The summed E-state index contributed by atoms with van der Waals surface area (Å²) in [6.07, 6.45) is 2.46. The van der Waals surface area contributed by atoms with Crippen LogP contribution in [0.4, 0.5) is 0 Å². The molecule has 2 atom stereocenters. The summed E-state index contributed by atoms with van der Waals surface area (Å²) in [5.74, 6) is 0. The maximum atomic E-state index is 12.0. The molecular formula is C12H27N3O2S. The number of likely N-dealkylation sites (tertiary alicyclic amines) is 1. The monoisotopic (exact) mass is 277 g/mol. The number of rotatable bonds is 8. The van der Waals surface area contributed by atoms with Gasteiger partial charge in [-0.05, 0) is 46.3 Å². The van der Waals surface area contributed by atoms with Crippen molar-refractivity contribution in [1.29, 1.82) is 0 Å². The molecule has 5 nitrogen and oxygen atoms in total. The summed E-state index contributed by atoms with van der Waals surface area (Å²) in [7, 11) is -3.20. The SMILES string of the molecule is CCNCC(C)S(=O)(=O)NCC(C)N1CCCC1. The molecule has 0 aromatic rings. The molecule has 0 saturated carbocycles. The van der Waals surface area contributed by atoms with Crippen molar-refractivity contribution in [2.45, 2.75) is 44.9 Å². The number of sulfonamides is 1. The average Bonchev–Trinajstić information content (AvgIpc) is 2.86. The molecule has 2 unspecified atom stereocenters. The van der Waals surface area contributed by atoms with Gasteiger partial charge in [-0.2, -0.15) is 0 Å². The highest BCUT2D eigenvalue weighted by Gasteiger charge is 2.23. The fraction of sp³-hybridized carbons (Fsp3) is 1.00. The van der Waals surface area contributed by atoms with Crippen LogP contribution < -0.4 is 10.0 Å². The van der Waals surface area contributed by atoms with Gasteiger partial charge in [0.1, 0.15) is 0 Å². The third-order valence-electron chi connectivity index (χ3n) is 3.56. The first-order chi connectivity index (χ1) is 8.47. The van der Waals surface area contributed by atoms with Crippen molar-refractivity contribution < 1.29 is 8.42 Å². The Morgan fingerprint density at radius 3 is 2.33 bits per heavy atom. The average molecular weight is 277 g/mol. The molecular weight excluding hydrogens is 250 g/mol. The van der Waals surface area contributed by atoms with Gasteiger partial charge in [-0.1, -0.05) is 6.92 Å². The van der Waals surface area contributed by atoms with Crippen molar-refractivity contribution in [2.75, 3.05) is 32.7 Å². The molecule has 1 saturated heterocycles. The zero-order chi connectivity index (χ0) is 13.6. The van der Waals surface area contributed by atoms with Crippen LogP contribution in [0, 0.1) is 0 Å². The van der Waals surface area contributed by atoms with E-state index in [4.69, 9.17) is 0 Å². The zero-order valence-corrected chi connectivity index (χ0v) is 12.6. The van der Waals surface area contributed by atoms with Crippen LogP contribution in [-0.2, 0) is 10.0 Å². The van der Waals surface area contributed by atoms with Gasteiger partial charge in [0.2, 0.25) is 10.0 Å². The highest BCUT2D eigenvalue weighted by molar-refractivity contribution is 7.90. The molecule has 0 bridgehead atoms. The van der Waals surface area contributed by atoms with Gasteiger partial charge in [-0.15, -0.1) is 0 Å². The first-order valence-corrected chi connectivity index (χ1v) is 8.45. The lowest BCUT2D eigenvalue weighted by Crippen LogP contribution is -2.45.